The number of carbonyl (C=O) groups excluding carboxylic acids is 1. The van der Waals surface area contributed by atoms with Gasteiger partial charge in [0.15, 0.2) is 0 Å². The molecule has 1 amide bonds. The molecule has 1 unspecified atom stereocenters. The minimum atomic E-state index is -0.980. The van der Waals surface area contributed by atoms with Gasteiger partial charge in [-0.15, -0.1) is 0 Å². The van der Waals surface area contributed by atoms with Gasteiger partial charge < -0.3 is 10.4 Å². The summed E-state index contributed by atoms with van der Waals surface area (Å²) in [6.45, 7) is 0. The molecule has 0 saturated carbocycles. The third-order valence-corrected chi connectivity index (χ3v) is 1.82. The Balaban J connectivity index is 0. The topological polar surface area (TPSA) is 66.4 Å². The first-order chi connectivity index (χ1) is 5.22. The van der Waals surface area contributed by atoms with Crippen molar-refractivity contribution in [3.05, 3.63) is 0 Å². The Labute approximate surface area is 97.8 Å². The van der Waals surface area contributed by atoms with Crippen LogP contribution in [-0.2, 0) is 9.59 Å². The molecule has 0 saturated heterocycles. The third-order valence-electron chi connectivity index (χ3n) is 1.18. The maximum atomic E-state index is 10.4. The van der Waals surface area contributed by atoms with E-state index in [-0.39, 0.29) is 29.6 Å². The first-order valence-electron chi connectivity index (χ1n) is 3.13. The second-order valence-corrected chi connectivity index (χ2v) is 2.94. The van der Waals surface area contributed by atoms with Crippen molar-refractivity contribution in [2.75, 3.05) is 12.0 Å². The van der Waals surface area contributed by atoms with Gasteiger partial charge in [-0.25, -0.2) is 4.79 Å². The number of carbonyl (C=O) groups is 2. The summed E-state index contributed by atoms with van der Waals surface area (Å²) in [6, 6.07) is -0.736. The van der Waals surface area contributed by atoms with Crippen LogP contribution in [0.15, 0.2) is 0 Å². The summed E-state index contributed by atoms with van der Waals surface area (Å²) in [5.41, 5.74) is 0. The zero-order chi connectivity index (χ0) is 8.69. The van der Waals surface area contributed by atoms with Crippen molar-refractivity contribution < 1.29 is 14.7 Å². The molecule has 12 heavy (non-hydrogen) atoms. The van der Waals surface area contributed by atoms with E-state index < -0.39 is 12.0 Å². The molecule has 0 spiro atoms. The van der Waals surface area contributed by atoms with Gasteiger partial charge in [-0.1, -0.05) is 0 Å². The van der Waals surface area contributed by atoms with Gasteiger partial charge >= 0.3 is 35.5 Å². The molecule has 0 aromatic rings. The van der Waals surface area contributed by atoms with Crippen LogP contribution in [-0.4, -0.2) is 65.1 Å². The van der Waals surface area contributed by atoms with Crippen LogP contribution in [0.1, 0.15) is 6.42 Å². The predicted molar refractivity (Wildman–Crippen MR) is 50.8 cm³/mol. The molecule has 0 aromatic carbocycles. The molecule has 0 aromatic heterocycles. The minimum absolute atomic E-state index is 0. The first kappa shape index (κ1) is 14.8. The van der Waals surface area contributed by atoms with Crippen molar-refractivity contribution in [3.63, 3.8) is 0 Å². The molecule has 2 N–H and O–H groups in total. The van der Waals surface area contributed by atoms with Crippen molar-refractivity contribution in [2.45, 2.75) is 12.5 Å². The molecular weight excluding hydrogens is 189 g/mol. The zero-order valence-corrected chi connectivity index (χ0v) is 7.06. The first-order valence-corrected chi connectivity index (χ1v) is 4.53. The average Bonchev–Trinajstić information content (AvgIpc) is 1.97. The van der Waals surface area contributed by atoms with E-state index in [9.17, 15) is 9.59 Å². The van der Waals surface area contributed by atoms with Gasteiger partial charge in [-0.3, -0.25) is 4.79 Å². The molecule has 0 aliphatic carbocycles. The van der Waals surface area contributed by atoms with E-state index in [0.29, 0.717) is 12.8 Å². The fraction of sp³-hybridized carbons (Fsp3) is 0.667. The van der Waals surface area contributed by atoms with Crippen molar-refractivity contribution in [1.82, 2.24) is 5.32 Å². The third kappa shape index (κ3) is 6.97. The zero-order valence-electron chi connectivity index (χ0n) is 6.24. The predicted octanol–water partition coefficient (Wildman–Crippen LogP) is -0.710. The van der Waals surface area contributed by atoms with E-state index in [1.54, 1.807) is 11.8 Å². The molecule has 4 nitrogen and oxygen atoms in total. The van der Waals surface area contributed by atoms with Crippen LogP contribution >= 0.6 is 11.8 Å². The van der Waals surface area contributed by atoms with Crippen LogP contribution < -0.4 is 5.32 Å². The van der Waals surface area contributed by atoms with Gasteiger partial charge in [0, 0.05) is 0 Å². The van der Waals surface area contributed by atoms with Gasteiger partial charge in [-0.05, 0) is 18.4 Å². The molecule has 0 rings (SSSR count). The van der Waals surface area contributed by atoms with Gasteiger partial charge in [0.1, 0.15) is 6.04 Å². The van der Waals surface area contributed by atoms with Crippen molar-refractivity contribution in [1.29, 1.82) is 0 Å². The molecule has 0 radical (unpaired) electrons. The number of thioether (sulfide) groups is 1. The Kier molecular flexibility index (Phi) is 11.6. The maximum absolute atomic E-state index is 10.4. The normalized spacial score (nSPS) is 11.1. The Morgan fingerprint density at radius 3 is 2.67 bits per heavy atom. The van der Waals surface area contributed by atoms with Crippen LogP contribution in [0.3, 0.4) is 0 Å². The fourth-order valence-electron chi connectivity index (χ4n) is 0.596. The van der Waals surface area contributed by atoms with Crippen molar-refractivity contribution >= 4 is 53.7 Å². The van der Waals surface area contributed by atoms with Gasteiger partial charge in [0.2, 0.25) is 6.41 Å². The number of rotatable bonds is 6. The second-order valence-electron chi connectivity index (χ2n) is 1.96. The SMILES string of the molecule is CSCCC(NC=O)C(=O)O.[NaH]. The summed E-state index contributed by atoms with van der Waals surface area (Å²) in [7, 11) is 0. The van der Waals surface area contributed by atoms with Crippen LogP contribution in [0.5, 0.6) is 0 Å². The van der Waals surface area contributed by atoms with Crippen molar-refractivity contribution in [2.24, 2.45) is 0 Å². The summed E-state index contributed by atoms with van der Waals surface area (Å²) in [5, 5.41) is 10.7. The van der Waals surface area contributed by atoms with E-state index in [2.05, 4.69) is 5.32 Å². The molecule has 0 heterocycles. The molecule has 66 valence electrons. The number of amides is 1. The second kappa shape index (κ2) is 9.38. The standard InChI is InChI=1S/C6H11NO3S.Na.H/c1-11-3-2-5(6(9)10)7-4-8;;/h4-5H,2-3H2,1H3,(H,7,8)(H,9,10);;. The van der Waals surface area contributed by atoms with Gasteiger partial charge in [0.25, 0.3) is 0 Å². The Morgan fingerprint density at radius 2 is 2.33 bits per heavy atom. The van der Waals surface area contributed by atoms with E-state index >= 15 is 0 Å². The molecule has 6 heteroatoms. The van der Waals surface area contributed by atoms with Crippen LogP contribution in [0.2, 0.25) is 0 Å². The number of hydrogen-bond donors (Lipinski definition) is 2. The van der Waals surface area contributed by atoms with Crippen LogP contribution in [0, 0.1) is 0 Å². The average molecular weight is 201 g/mol. The Bertz CT molecular complexity index is 145. The monoisotopic (exact) mass is 201 g/mol. The Morgan fingerprint density at radius 1 is 1.75 bits per heavy atom. The molecule has 0 aliphatic rings. The summed E-state index contributed by atoms with van der Waals surface area (Å²) in [4.78, 5) is 20.3. The van der Waals surface area contributed by atoms with Gasteiger partial charge in [-0.2, -0.15) is 11.8 Å². The molecule has 0 bridgehead atoms. The fourth-order valence-corrected chi connectivity index (χ4v) is 1.07. The van der Waals surface area contributed by atoms with Crippen LogP contribution in [0.25, 0.3) is 0 Å². The van der Waals surface area contributed by atoms with E-state index in [4.69, 9.17) is 5.11 Å². The number of hydrogen-bond acceptors (Lipinski definition) is 3. The number of carboxylic acid groups (broad SMARTS) is 1. The van der Waals surface area contributed by atoms with E-state index in [1.807, 2.05) is 6.26 Å². The molecule has 0 fully saturated rings. The summed E-state index contributed by atoms with van der Waals surface area (Å²) in [6.07, 6.45) is 2.77. The number of nitrogens with one attached hydrogen (secondary N) is 1. The van der Waals surface area contributed by atoms with Crippen molar-refractivity contribution in [3.8, 4) is 0 Å². The number of aliphatic carboxylic acids is 1. The molecular formula is C6H12NNaO3S. The van der Waals surface area contributed by atoms with Gasteiger partial charge in [0.05, 0.1) is 0 Å². The summed E-state index contributed by atoms with van der Waals surface area (Å²) >= 11 is 1.55. The molecule has 1 atom stereocenters. The number of carboxylic acids is 1. The van der Waals surface area contributed by atoms with Crippen LogP contribution in [0.4, 0.5) is 0 Å². The Hall–Kier alpha value is 0.290. The van der Waals surface area contributed by atoms with E-state index in [1.165, 1.54) is 0 Å². The summed E-state index contributed by atoms with van der Waals surface area (Å²) < 4.78 is 0. The quantitative estimate of drug-likeness (QED) is 0.440. The summed E-state index contributed by atoms with van der Waals surface area (Å²) in [5.74, 6) is -0.246. The molecule has 0 aliphatic heterocycles. The van der Waals surface area contributed by atoms with E-state index in [0.717, 1.165) is 5.75 Å².